The van der Waals surface area contributed by atoms with Crippen LogP contribution in [0.2, 0.25) is 0 Å². The van der Waals surface area contributed by atoms with E-state index in [2.05, 4.69) is 11.8 Å². The Hall–Kier alpha value is -0.960. The molecule has 0 amide bonds. The van der Waals surface area contributed by atoms with Crippen LogP contribution < -0.4 is 0 Å². The first-order valence-electron chi connectivity index (χ1n) is 3.92. The number of aliphatic hydroxyl groups is 2. The predicted molar refractivity (Wildman–Crippen MR) is 50.3 cm³/mol. The van der Waals surface area contributed by atoms with Crippen molar-refractivity contribution in [3.8, 4) is 24.7 Å². The third kappa shape index (κ3) is 23.0. The molecule has 0 spiro atoms. The summed E-state index contributed by atoms with van der Waals surface area (Å²) in [5, 5.41) is 16.2. The molecule has 0 fully saturated rings. The SMILES string of the molecule is C#CCCC#C.OCCCCO. The Labute approximate surface area is 74.6 Å². The van der Waals surface area contributed by atoms with E-state index in [9.17, 15) is 0 Å². The van der Waals surface area contributed by atoms with Crippen molar-refractivity contribution < 1.29 is 10.2 Å². The van der Waals surface area contributed by atoms with E-state index in [0.717, 1.165) is 12.8 Å². The van der Waals surface area contributed by atoms with Crippen LogP contribution in [-0.2, 0) is 0 Å². The van der Waals surface area contributed by atoms with Gasteiger partial charge < -0.3 is 10.2 Å². The molecule has 0 aliphatic heterocycles. The maximum Gasteiger partial charge on any atom is 0.0431 e. The molecule has 0 unspecified atom stereocenters. The van der Waals surface area contributed by atoms with Gasteiger partial charge in [-0.05, 0) is 12.8 Å². The van der Waals surface area contributed by atoms with Crippen molar-refractivity contribution in [2.45, 2.75) is 25.7 Å². The molecule has 2 nitrogen and oxygen atoms in total. The van der Waals surface area contributed by atoms with Crippen molar-refractivity contribution in [2.75, 3.05) is 13.2 Å². The summed E-state index contributed by atoms with van der Waals surface area (Å²) >= 11 is 0. The van der Waals surface area contributed by atoms with E-state index in [1.807, 2.05) is 0 Å². The second kappa shape index (κ2) is 16.6. The standard InChI is InChI=1S/C6H6.C4H10O2/c1-3-5-6-4-2;5-3-1-2-4-6/h1-2H,5-6H2;5-6H,1-4H2. The monoisotopic (exact) mass is 168 g/mol. The van der Waals surface area contributed by atoms with Crippen LogP contribution in [0.3, 0.4) is 0 Å². The maximum absolute atomic E-state index is 8.09. The van der Waals surface area contributed by atoms with Crippen LogP contribution >= 0.6 is 0 Å². The topological polar surface area (TPSA) is 40.5 Å². The molecule has 0 saturated carbocycles. The van der Waals surface area contributed by atoms with Gasteiger partial charge >= 0.3 is 0 Å². The first kappa shape index (κ1) is 13.6. The number of unbranched alkanes of at least 4 members (excludes halogenated alkanes) is 2. The molecule has 0 aromatic heterocycles. The minimum atomic E-state index is 0.195. The first-order chi connectivity index (χ1) is 5.83. The van der Waals surface area contributed by atoms with Gasteiger partial charge in [-0.3, -0.25) is 0 Å². The second-order valence-electron chi connectivity index (χ2n) is 2.06. The lowest BCUT2D eigenvalue weighted by Crippen LogP contribution is -1.85. The van der Waals surface area contributed by atoms with Gasteiger partial charge in [0.2, 0.25) is 0 Å². The van der Waals surface area contributed by atoms with Gasteiger partial charge in [-0.25, -0.2) is 0 Å². The summed E-state index contributed by atoms with van der Waals surface area (Å²) in [6.07, 6.45) is 12.6. The molecule has 2 N–H and O–H groups in total. The van der Waals surface area contributed by atoms with Crippen LogP contribution in [0.5, 0.6) is 0 Å². The molecule has 0 aromatic rings. The van der Waals surface area contributed by atoms with E-state index in [1.54, 1.807) is 0 Å². The van der Waals surface area contributed by atoms with Crippen molar-refractivity contribution in [1.82, 2.24) is 0 Å². The highest BCUT2D eigenvalue weighted by Gasteiger charge is 1.77. The Kier molecular flexibility index (Phi) is 18.8. The predicted octanol–water partition coefficient (Wildman–Crippen LogP) is 0.784. The molecule has 2 heteroatoms. The summed E-state index contributed by atoms with van der Waals surface area (Å²) in [6.45, 7) is 0.390. The second-order valence-corrected chi connectivity index (χ2v) is 2.06. The summed E-state index contributed by atoms with van der Waals surface area (Å²) < 4.78 is 0. The zero-order valence-corrected chi connectivity index (χ0v) is 7.29. The van der Waals surface area contributed by atoms with Crippen molar-refractivity contribution in [3.63, 3.8) is 0 Å². The third-order valence-electron chi connectivity index (χ3n) is 0.980. The zero-order valence-electron chi connectivity index (χ0n) is 7.29. The van der Waals surface area contributed by atoms with Crippen LogP contribution in [0.15, 0.2) is 0 Å². The number of hydrogen-bond donors (Lipinski definition) is 2. The van der Waals surface area contributed by atoms with E-state index in [4.69, 9.17) is 23.1 Å². The van der Waals surface area contributed by atoms with Gasteiger partial charge in [0, 0.05) is 26.1 Å². The summed E-state index contributed by atoms with van der Waals surface area (Å²) in [4.78, 5) is 0. The lowest BCUT2D eigenvalue weighted by Gasteiger charge is -1.85. The van der Waals surface area contributed by atoms with Crippen LogP contribution in [0.25, 0.3) is 0 Å². The van der Waals surface area contributed by atoms with Gasteiger partial charge in [0.25, 0.3) is 0 Å². The fourth-order valence-corrected chi connectivity index (χ4v) is 0.368. The summed E-state index contributed by atoms with van der Waals surface area (Å²) in [5.41, 5.74) is 0. The van der Waals surface area contributed by atoms with E-state index >= 15 is 0 Å². The Morgan fingerprint density at radius 3 is 1.33 bits per heavy atom. The van der Waals surface area contributed by atoms with Gasteiger partial charge in [0.15, 0.2) is 0 Å². The lowest BCUT2D eigenvalue weighted by molar-refractivity contribution is 0.242. The molecule has 0 saturated heterocycles. The molecule has 0 aliphatic carbocycles. The molecule has 0 heterocycles. The van der Waals surface area contributed by atoms with Crippen molar-refractivity contribution >= 4 is 0 Å². The quantitative estimate of drug-likeness (QED) is 0.481. The number of aliphatic hydroxyl groups excluding tert-OH is 2. The number of rotatable bonds is 4. The first-order valence-corrected chi connectivity index (χ1v) is 3.92. The average Bonchev–Trinajstić information content (AvgIpc) is 2.12. The average molecular weight is 168 g/mol. The van der Waals surface area contributed by atoms with Crippen LogP contribution in [0.4, 0.5) is 0 Å². The highest BCUT2D eigenvalue weighted by atomic mass is 16.3. The minimum absolute atomic E-state index is 0.195. The maximum atomic E-state index is 8.09. The van der Waals surface area contributed by atoms with Gasteiger partial charge in [-0.15, -0.1) is 24.7 Å². The molecular weight excluding hydrogens is 152 g/mol. The lowest BCUT2D eigenvalue weighted by atomic mass is 10.3. The molecule has 12 heavy (non-hydrogen) atoms. The molecular formula is C10H16O2. The fraction of sp³-hybridized carbons (Fsp3) is 0.600. The summed E-state index contributed by atoms with van der Waals surface area (Å²) in [7, 11) is 0. The van der Waals surface area contributed by atoms with Gasteiger partial charge in [-0.1, -0.05) is 0 Å². The normalized spacial score (nSPS) is 7.33. The van der Waals surface area contributed by atoms with Gasteiger partial charge in [-0.2, -0.15) is 0 Å². The molecule has 0 aliphatic rings. The molecule has 0 aromatic carbocycles. The van der Waals surface area contributed by atoms with E-state index in [1.165, 1.54) is 0 Å². The Morgan fingerprint density at radius 1 is 0.833 bits per heavy atom. The molecule has 0 bridgehead atoms. The highest BCUT2D eigenvalue weighted by molar-refractivity contribution is 4.92. The Morgan fingerprint density at radius 2 is 1.17 bits per heavy atom. The highest BCUT2D eigenvalue weighted by Crippen LogP contribution is 1.80. The van der Waals surface area contributed by atoms with Crippen LogP contribution in [-0.4, -0.2) is 23.4 Å². The molecule has 0 radical (unpaired) electrons. The van der Waals surface area contributed by atoms with Gasteiger partial charge in [0.05, 0.1) is 0 Å². The fourth-order valence-electron chi connectivity index (χ4n) is 0.368. The summed E-state index contributed by atoms with van der Waals surface area (Å²) in [5.74, 6) is 4.85. The largest absolute Gasteiger partial charge is 0.396 e. The Bertz CT molecular complexity index is 121. The third-order valence-corrected chi connectivity index (χ3v) is 0.980. The van der Waals surface area contributed by atoms with E-state index in [0.29, 0.717) is 12.8 Å². The van der Waals surface area contributed by atoms with E-state index in [-0.39, 0.29) is 13.2 Å². The molecule has 68 valence electrons. The van der Waals surface area contributed by atoms with Crippen molar-refractivity contribution in [3.05, 3.63) is 0 Å². The Balaban J connectivity index is 0. The van der Waals surface area contributed by atoms with Crippen molar-refractivity contribution in [1.29, 1.82) is 0 Å². The zero-order chi connectivity index (χ0) is 9.66. The van der Waals surface area contributed by atoms with Crippen LogP contribution in [0, 0.1) is 24.7 Å². The number of terminal acetylenes is 2. The molecule has 0 atom stereocenters. The minimum Gasteiger partial charge on any atom is -0.396 e. The smallest absolute Gasteiger partial charge is 0.0431 e. The van der Waals surface area contributed by atoms with Crippen molar-refractivity contribution in [2.24, 2.45) is 0 Å². The van der Waals surface area contributed by atoms with Crippen LogP contribution in [0.1, 0.15) is 25.7 Å². The number of hydrogen-bond acceptors (Lipinski definition) is 2. The van der Waals surface area contributed by atoms with Gasteiger partial charge in [0.1, 0.15) is 0 Å². The van der Waals surface area contributed by atoms with E-state index < -0.39 is 0 Å². The molecule has 0 rings (SSSR count). The summed E-state index contributed by atoms with van der Waals surface area (Å²) in [6, 6.07) is 0.